The molecule has 0 spiro atoms. The summed E-state index contributed by atoms with van der Waals surface area (Å²) in [6.45, 7) is 0. The van der Waals surface area contributed by atoms with Crippen LogP contribution in [0.2, 0.25) is 0 Å². The minimum absolute atomic E-state index is 0.0745. The highest BCUT2D eigenvalue weighted by Crippen LogP contribution is 2.25. The Morgan fingerprint density at radius 3 is 2.80 bits per heavy atom. The Morgan fingerprint density at radius 2 is 2.00 bits per heavy atom. The second kappa shape index (κ2) is 7.94. The smallest absolute Gasteiger partial charge is 0.345 e. The number of hydrazone groups is 1. The number of hydrogen-bond acceptors (Lipinski definition) is 9. The summed E-state index contributed by atoms with van der Waals surface area (Å²) in [6.07, 6.45) is 0. The molecule has 0 aliphatic heterocycles. The fourth-order valence-electron chi connectivity index (χ4n) is 2.71. The zero-order valence-electron chi connectivity index (χ0n) is 15.1. The van der Waals surface area contributed by atoms with Crippen LogP contribution in [0.25, 0.3) is 22.2 Å². The molecule has 0 fully saturated rings. The number of nitrogens with zero attached hydrogens (tertiary/aromatic N) is 4. The van der Waals surface area contributed by atoms with Gasteiger partial charge in [0.05, 0.1) is 16.2 Å². The zero-order chi connectivity index (χ0) is 21.1. The van der Waals surface area contributed by atoms with E-state index in [1.165, 1.54) is 18.2 Å². The fraction of sp³-hybridized carbons (Fsp3) is 0. The summed E-state index contributed by atoms with van der Waals surface area (Å²) in [5.74, 6) is 0. The van der Waals surface area contributed by atoms with Crippen molar-refractivity contribution < 1.29 is 9.34 Å². The van der Waals surface area contributed by atoms with Gasteiger partial charge in [-0.25, -0.2) is 9.78 Å². The van der Waals surface area contributed by atoms with Crippen molar-refractivity contribution in [2.45, 2.75) is 0 Å². The number of nitrogens with one attached hydrogen (secondary N) is 1. The highest BCUT2D eigenvalue weighted by Gasteiger charge is 2.16. The van der Waals surface area contributed by atoms with Crippen LogP contribution in [0.15, 0.2) is 74.3 Å². The number of thiazole rings is 1. The number of para-hydroxylation sites is 3. The minimum atomic E-state index is -0.551. The lowest BCUT2D eigenvalue weighted by atomic mass is 10.1. The van der Waals surface area contributed by atoms with E-state index < -0.39 is 10.5 Å². The van der Waals surface area contributed by atoms with Crippen molar-refractivity contribution in [2.75, 3.05) is 5.43 Å². The Hall–Kier alpha value is -4.36. The second-order valence-electron chi connectivity index (χ2n) is 5.98. The van der Waals surface area contributed by atoms with Gasteiger partial charge in [-0.05, 0) is 18.2 Å². The molecule has 0 atom stereocenters. The Balaban J connectivity index is 1.67. The van der Waals surface area contributed by atoms with Gasteiger partial charge in [-0.3, -0.25) is 15.5 Å². The quantitative estimate of drug-likeness (QED) is 0.223. The highest BCUT2D eigenvalue weighted by atomic mass is 32.1. The molecule has 2 aromatic carbocycles. The van der Waals surface area contributed by atoms with Crippen LogP contribution in [0, 0.1) is 21.4 Å². The summed E-state index contributed by atoms with van der Waals surface area (Å²) in [5, 5.41) is 27.1. The summed E-state index contributed by atoms with van der Waals surface area (Å²) < 4.78 is 5.32. The predicted molar refractivity (Wildman–Crippen MR) is 112 cm³/mol. The third kappa shape index (κ3) is 3.65. The number of nitriles is 1. The largest absolute Gasteiger partial charge is 0.422 e. The van der Waals surface area contributed by atoms with Gasteiger partial charge in [-0.15, -0.1) is 11.3 Å². The van der Waals surface area contributed by atoms with E-state index >= 15 is 0 Å². The first-order valence-corrected chi connectivity index (χ1v) is 9.41. The van der Waals surface area contributed by atoms with Gasteiger partial charge in [0.1, 0.15) is 17.3 Å². The van der Waals surface area contributed by atoms with Crippen molar-refractivity contribution in [3.63, 3.8) is 0 Å². The third-order valence-electron chi connectivity index (χ3n) is 4.12. The lowest BCUT2D eigenvalue weighted by Gasteiger charge is -2.01. The molecule has 0 amide bonds. The lowest BCUT2D eigenvalue weighted by molar-refractivity contribution is -0.384. The van der Waals surface area contributed by atoms with Crippen LogP contribution < -0.4 is 11.1 Å². The number of aromatic nitrogens is 1. The molecule has 9 nitrogen and oxygen atoms in total. The summed E-state index contributed by atoms with van der Waals surface area (Å²) in [6, 6.07) is 16.6. The van der Waals surface area contributed by atoms with Gasteiger partial charge >= 0.3 is 5.63 Å². The Bertz CT molecular complexity index is 1400. The number of anilines is 1. The van der Waals surface area contributed by atoms with E-state index in [0.29, 0.717) is 11.3 Å². The van der Waals surface area contributed by atoms with Crippen LogP contribution in [-0.2, 0) is 0 Å². The monoisotopic (exact) mass is 417 g/mol. The van der Waals surface area contributed by atoms with Crippen LogP contribution in [0.3, 0.4) is 0 Å². The molecule has 0 saturated carbocycles. The number of benzene rings is 2. The van der Waals surface area contributed by atoms with Gasteiger partial charge in [-0.1, -0.05) is 30.3 Å². The summed E-state index contributed by atoms with van der Waals surface area (Å²) in [4.78, 5) is 27.2. The maximum Gasteiger partial charge on any atom is 0.345 e. The van der Waals surface area contributed by atoms with Crippen molar-refractivity contribution in [1.82, 2.24) is 4.98 Å². The van der Waals surface area contributed by atoms with E-state index in [1.54, 1.807) is 29.6 Å². The van der Waals surface area contributed by atoms with Gasteiger partial charge in [-0.2, -0.15) is 10.4 Å². The SMILES string of the molecule is N#C/C(=N\Nc1ccccc1[N+](=O)[O-])c1nc(-c2cc3ccccc3oc2=O)cs1. The molecule has 30 heavy (non-hydrogen) atoms. The van der Waals surface area contributed by atoms with Crippen LogP contribution in [0.4, 0.5) is 11.4 Å². The fourth-order valence-corrected chi connectivity index (χ4v) is 3.47. The van der Waals surface area contributed by atoms with E-state index in [0.717, 1.165) is 16.7 Å². The molecule has 2 heterocycles. The van der Waals surface area contributed by atoms with Gasteiger partial charge in [0.2, 0.25) is 0 Å². The topological polar surface area (TPSA) is 134 Å². The molecule has 0 aliphatic rings. The first-order chi connectivity index (χ1) is 14.6. The van der Waals surface area contributed by atoms with E-state index in [9.17, 15) is 20.2 Å². The molecule has 4 rings (SSSR count). The summed E-state index contributed by atoms with van der Waals surface area (Å²) in [7, 11) is 0. The Labute approximate surface area is 172 Å². The minimum Gasteiger partial charge on any atom is -0.422 e. The van der Waals surface area contributed by atoms with E-state index in [4.69, 9.17) is 4.42 Å². The first-order valence-electron chi connectivity index (χ1n) is 8.53. The summed E-state index contributed by atoms with van der Waals surface area (Å²) in [5.41, 5.74) is 2.97. The van der Waals surface area contributed by atoms with Crippen molar-refractivity contribution in [2.24, 2.45) is 5.10 Å². The number of hydrogen-bond donors (Lipinski definition) is 1. The molecule has 0 radical (unpaired) electrons. The van der Waals surface area contributed by atoms with E-state index in [2.05, 4.69) is 15.5 Å². The van der Waals surface area contributed by atoms with Gasteiger partial charge < -0.3 is 4.42 Å². The molecule has 1 N–H and O–H groups in total. The number of nitro groups is 1. The maximum absolute atomic E-state index is 12.3. The lowest BCUT2D eigenvalue weighted by Crippen LogP contribution is -2.05. The van der Waals surface area contributed by atoms with Crippen molar-refractivity contribution in [1.29, 1.82) is 5.26 Å². The number of fused-ring (bicyclic) bond motifs is 1. The molecular weight excluding hydrogens is 406 g/mol. The van der Waals surface area contributed by atoms with E-state index in [-0.39, 0.29) is 27.7 Å². The van der Waals surface area contributed by atoms with Crippen LogP contribution in [-0.4, -0.2) is 15.6 Å². The first kappa shape index (κ1) is 19.0. The molecule has 0 aliphatic carbocycles. The third-order valence-corrected chi connectivity index (χ3v) is 4.97. The number of rotatable bonds is 5. The van der Waals surface area contributed by atoms with E-state index in [1.807, 2.05) is 18.2 Å². The second-order valence-corrected chi connectivity index (χ2v) is 6.84. The molecule has 146 valence electrons. The van der Waals surface area contributed by atoms with Crippen LogP contribution in [0.1, 0.15) is 5.01 Å². The molecule has 10 heteroatoms. The van der Waals surface area contributed by atoms with Crippen LogP contribution in [0.5, 0.6) is 0 Å². The molecule has 0 bridgehead atoms. The molecule has 0 saturated heterocycles. The molecular formula is C20H11N5O4S. The summed E-state index contributed by atoms with van der Waals surface area (Å²) >= 11 is 1.12. The van der Waals surface area contributed by atoms with Crippen LogP contribution >= 0.6 is 11.3 Å². The van der Waals surface area contributed by atoms with Crippen molar-refractivity contribution >= 4 is 39.4 Å². The Kier molecular flexibility index (Phi) is 5.02. The van der Waals surface area contributed by atoms with Gasteiger partial charge in [0.15, 0.2) is 10.7 Å². The molecule has 0 unspecified atom stereocenters. The molecule has 2 aromatic heterocycles. The molecule has 4 aromatic rings. The average Bonchev–Trinajstić information content (AvgIpc) is 3.23. The zero-order valence-corrected chi connectivity index (χ0v) is 15.9. The Morgan fingerprint density at radius 1 is 1.23 bits per heavy atom. The number of nitro benzene ring substituents is 1. The normalized spacial score (nSPS) is 11.2. The van der Waals surface area contributed by atoms with Gasteiger partial charge in [0, 0.05) is 16.8 Å². The van der Waals surface area contributed by atoms with Crippen molar-refractivity contribution in [3.8, 4) is 17.3 Å². The standard InChI is InChI=1S/C20H11N5O4S/c21-10-15(24-23-14-6-2-3-7-17(14)25(27)28)19-22-16(11-30-19)13-9-12-5-1-4-8-18(12)29-20(13)26/h1-9,11,23H/b24-15+. The predicted octanol–water partition coefficient (Wildman–Crippen LogP) is 4.16. The maximum atomic E-state index is 12.3. The highest BCUT2D eigenvalue weighted by molar-refractivity contribution is 7.12. The average molecular weight is 417 g/mol. The van der Waals surface area contributed by atoms with Crippen molar-refractivity contribution in [3.05, 3.63) is 85.5 Å². The van der Waals surface area contributed by atoms with Gasteiger partial charge in [0.25, 0.3) is 5.69 Å².